The highest BCUT2D eigenvalue weighted by Gasteiger charge is 1.99. The fourth-order valence-electron chi connectivity index (χ4n) is 0.931. The minimum absolute atomic E-state index is 0.483. The predicted octanol–water partition coefficient (Wildman–Crippen LogP) is -0.484. The van der Waals surface area contributed by atoms with Crippen LogP contribution in [0, 0.1) is 0 Å². The Labute approximate surface area is 72.1 Å². The lowest BCUT2D eigenvalue weighted by Gasteiger charge is -2.18. The fourth-order valence-corrected chi connectivity index (χ4v) is 0.931. The van der Waals surface area contributed by atoms with Gasteiger partial charge in [0.2, 0.25) is 0 Å². The molecule has 6 nitrogen and oxygen atoms in total. The summed E-state index contributed by atoms with van der Waals surface area (Å²) >= 11 is 0. The lowest BCUT2D eigenvalue weighted by atomic mass is 10.4. The SMILES string of the molecule is [N-]=[N+]=NCCN(CCN)CCN. The van der Waals surface area contributed by atoms with Gasteiger partial charge in [0.1, 0.15) is 0 Å². The summed E-state index contributed by atoms with van der Waals surface area (Å²) in [5.41, 5.74) is 18.8. The van der Waals surface area contributed by atoms with E-state index in [0.29, 0.717) is 19.6 Å². The molecule has 0 aliphatic heterocycles. The third kappa shape index (κ3) is 5.94. The average molecular weight is 172 g/mol. The van der Waals surface area contributed by atoms with Crippen molar-refractivity contribution in [2.75, 3.05) is 39.3 Å². The normalized spacial score (nSPS) is 9.92. The first-order valence-electron chi connectivity index (χ1n) is 3.98. The van der Waals surface area contributed by atoms with Crippen LogP contribution in [0.5, 0.6) is 0 Å². The number of rotatable bonds is 7. The molecule has 0 amide bonds. The molecule has 0 radical (unpaired) electrons. The monoisotopic (exact) mass is 172 g/mol. The third-order valence-corrected chi connectivity index (χ3v) is 1.47. The largest absolute Gasteiger partial charge is 0.329 e. The first-order valence-corrected chi connectivity index (χ1v) is 3.98. The van der Waals surface area contributed by atoms with Crippen LogP contribution in [0.3, 0.4) is 0 Å². The Bertz CT molecular complexity index is 135. The van der Waals surface area contributed by atoms with Crippen molar-refractivity contribution in [3.8, 4) is 0 Å². The number of azide groups is 1. The zero-order valence-corrected chi connectivity index (χ0v) is 7.19. The van der Waals surface area contributed by atoms with Gasteiger partial charge in [-0.3, -0.25) is 0 Å². The third-order valence-electron chi connectivity index (χ3n) is 1.47. The summed E-state index contributed by atoms with van der Waals surface area (Å²) in [6.45, 7) is 4.04. The molecule has 0 bridgehead atoms. The number of nitrogens with zero attached hydrogens (tertiary/aromatic N) is 4. The van der Waals surface area contributed by atoms with Crippen LogP contribution in [0.2, 0.25) is 0 Å². The summed E-state index contributed by atoms with van der Waals surface area (Å²) < 4.78 is 0. The smallest absolute Gasteiger partial charge is 0.0385 e. The maximum Gasteiger partial charge on any atom is 0.0385 e. The minimum atomic E-state index is 0.483. The summed E-state index contributed by atoms with van der Waals surface area (Å²) in [5, 5.41) is 3.43. The van der Waals surface area contributed by atoms with Crippen LogP contribution < -0.4 is 11.5 Å². The van der Waals surface area contributed by atoms with Crippen molar-refractivity contribution in [2.24, 2.45) is 16.6 Å². The van der Waals surface area contributed by atoms with Crippen LogP contribution in [0.4, 0.5) is 0 Å². The van der Waals surface area contributed by atoms with E-state index in [1.54, 1.807) is 0 Å². The molecule has 0 unspecified atom stereocenters. The van der Waals surface area contributed by atoms with Crippen LogP contribution in [0.1, 0.15) is 0 Å². The fraction of sp³-hybridized carbons (Fsp3) is 1.00. The van der Waals surface area contributed by atoms with Gasteiger partial charge < -0.3 is 16.4 Å². The summed E-state index contributed by atoms with van der Waals surface area (Å²) in [4.78, 5) is 4.74. The maximum absolute atomic E-state index is 8.03. The lowest BCUT2D eigenvalue weighted by Crippen LogP contribution is -2.35. The van der Waals surface area contributed by atoms with Gasteiger partial charge in [-0.05, 0) is 5.53 Å². The molecule has 4 N–H and O–H groups in total. The first-order chi connectivity index (χ1) is 5.85. The zero-order chi connectivity index (χ0) is 9.23. The highest BCUT2D eigenvalue weighted by atomic mass is 15.2. The molecule has 12 heavy (non-hydrogen) atoms. The van der Waals surface area contributed by atoms with Gasteiger partial charge in [-0.2, -0.15) is 0 Å². The molecular formula is C6H16N6. The number of nitrogens with two attached hydrogens (primary N) is 2. The number of hydrogen-bond donors (Lipinski definition) is 2. The quantitative estimate of drug-likeness (QED) is 0.308. The van der Waals surface area contributed by atoms with E-state index >= 15 is 0 Å². The van der Waals surface area contributed by atoms with E-state index in [2.05, 4.69) is 14.9 Å². The Kier molecular flexibility index (Phi) is 7.73. The van der Waals surface area contributed by atoms with E-state index in [1.807, 2.05) is 0 Å². The van der Waals surface area contributed by atoms with Gasteiger partial charge in [0, 0.05) is 44.2 Å². The molecule has 0 aromatic rings. The van der Waals surface area contributed by atoms with E-state index in [9.17, 15) is 0 Å². The summed E-state index contributed by atoms with van der Waals surface area (Å²) in [6.07, 6.45) is 0. The van der Waals surface area contributed by atoms with Crippen LogP contribution in [0.15, 0.2) is 5.11 Å². The van der Waals surface area contributed by atoms with Crippen molar-refractivity contribution < 1.29 is 0 Å². The molecule has 0 aliphatic carbocycles. The van der Waals surface area contributed by atoms with Gasteiger partial charge in [0.25, 0.3) is 0 Å². The van der Waals surface area contributed by atoms with Gasteiger partial charge in [-0.25, -0.2) is 0 Å². The van der Waals surface area contributed by atoms with Crippen LogP contribution >= 0.6 is 0 Å². The molecule has 0 aliphatic rings. The van der Waals surface area contributed by atoms with Crippen molar-refractivity contribution in [2.45, 2.75) is 0 Å². The first kappa shape index (κ1) is 11.2. The second-order valence-electron chi connectivity index (χ2n) is 2.37. The molecule has 70 valence electrons. The second kappa shape index (κ2) is 8.29. The van der Waals surface area contributed by atoms with E-state index in [4.69, 9.17) is 17.0 Å². The highest BCUT2D eigenvalue weighted by Crippen LogP contribution is 1.85. The maximum atomic E-state index is 8.03. The zero-order valence-electron chi connectivity index (χ0n) is 7.19. The molecule has 0 aromatic carbocycles. The van der Waals surface area contributed by atoms with Gasteiger partial charge in [-0.15, -0.1) is 0 Å². The van der Waals surface area contributed by atoms with Gasteiger partial charge in [0.05, 0.1) is 0 Å². The van der Waals surface area contributed by atoms with E-state index in [-0.39, 0.29) is 0 Å². The molecule has 0 rings (SSSR count). The Morgan fingerprint density at radius 2 is 1.75 bits per heavy atom. The lowest BCUT2D eigenvalue weighted by molar-refractivity contribution is 0.297. The second-order valence-corrected chi connectivity index (χ2v) is 2.37. The molecule has 0 atom stereocenters. The summed E-state index contributed by atoms with van der Waals surface area (Å²) in [5.74, 6) is 0. The Hall–Kier alpha value is -0.810. The standard InChI is InChI=1S/C6H16N6/c7-1-4-12(5-2-8)6-3-10-11-9/h1-8H2. The van der Waals surface area contributed by atoms with Gasteiger partial charge in [-0.1, -0.05) is 5.11 Å². The number of hydrogen-bond acceptors (Lipinski definition) is 4. The Morgan fingerprint density at radius 3 is 2.17 bits per heavy atom. The van der Waals surface area contributed by atoms with Crippen LogP contribution in [0.25, 0.3) is 10.4 Å². The molecule has 0 saturated heterocycles. The Balaban J connectivity index is 3.54. The predicted molar refractivity (Wildman–Crippen MR) is 48.6 cm³/mol. The van der Waals surface area contributed by atoms with E-state index in [0.717, 1.165) is 19.6 Å². The molecule has 0 spiro atoms. The van der Waals surface area contributed by atoms with E-state index < -0.39 is 0 Å². The molecule has 0 aromatic heterocycles. The highest BCUT2D eigenvalue weighted by molar-refractivity contribution is 4.60. The van der Waals surface area contributed by atoms with Crippen molar-refractivity contribution >= 4 is 0 Å². The average Bonchev–Trinajstić information content (AvgIpc) is 2.06. The molecular weight excluding hydrogens is 156 g/mol. The van der Waals surface area contributed by atoms with Gasteiger partial charge in [0.15, 0.2) is 0 Å². The summed E-state index contributed by atoms with van der Waals surface area (Å²) in [7, 11) is 0. The van der Waals surface area contributed by atoms with Crippen molar-refractivity contribution in [1.82, 2.24) is 4.90 Å². The van der Waals surface area contributed by atoms with Gasteiger partial charge >= 0.3 is 0 Å². The molecule has 0 fully saturated rings. The Morgan fingerprint density at radius 1 is 1.17 bits per heavy atom. The topological polar surface area (TPSA) is 104 Å². The van der Waals surface area contributed by atoms with E-state index in [1.165, 1.54) is 0 Å². The van der Waals surface area contributed by atoms with Crippen molar-refractivity contribution in [3.05, 3.63) is 10.4 Å². The van der Waals surface area contributed by atoms with Crippen molar-refractivity contribution in [1.29, 1.82) is 0 Å². The molecule has 6 heteroatoms. The van der Waals surface area contributed by atoms with Crippen molar-refractivity contribution in [3.63, 3.8) is 0 Å². The van der Waals surface area contributed by atoms with Crippen LogP contribution in [-0.2, 0) is 0 Å². The molecule has 0 saturated carbocycles. The summed E-state index contributed by atoms with van der Waals surface area (Å²) in [6, 6.07) is 0. The van der Waals surface area contributed by atoms with Crippen LogP contribution in [-0.4, -0.2) is 44.2 Å². The minimum Gasteiger partial charge on any atom is -0.329 e. The molecule has 0 heterocycles.